The largest absolute Gasteiger partial charge is 0.416 e. The summed E-state index contributed by atoms with van der Waals surface area (Å²) in [4.78, 5) is 0. The first-order valence-electron chi connectivity index (χ1n) is 6.52. The van der Waals surface area contributed by atoms with Gasteiger partial charge in [-0.25, -0.2) is 0 Å². The number of hydrogen-bond donors (Lipinski definition) is 0. The van der Waals surface area contributed by atoms with Gasteiger partial charge in [-0.15, -0.1) is 0 Å². The normalized spacial score (nSPS) is 14.7. The monoisotopic (exact) mass is 274 g/mol. The number of allylic oxidation sites excluding steroid dienone is 1. The smallest absolute Gasteiger partial charge is 0.166 e. The topological polar surface area (TPSA) is 0 Å². The van der Waals surface area contributed by atoms with Gasteiger partial charge in [0.2, 0.25) is 0 Å². The van der Waals surface area contributed by atoms with Crippen LogP contribution in [0.5, 0.6) is 0 Å². The van der Waals surface area contributed by atoms with Gasteiger partial charge < -0.3 is 0 Å². The van der Waals surface area contributed by atoms with Crippen molar-refractivity contribution in [1.82, 2.24) is 0 Å². The Morgan fingerprint density at radius 2 is 1.55 bits per heavy atom. The molecule has 0 radical (unpaired) electrons. The lowest BCUT2D eigenvalue weighted by Crippen LogP contribution is -2.05. The average Bonchev–Trinajstić information content (AvgIpc) is 2.46. The molecule has 0 atom stereocenters. The van der Waals surface area contributed by atoms with Gasteiger partial charge in [-0.1, -0.05) is 42.5 Å². The van der Waals surface area contributed by atoms with Crippen LogP contribution in [0.3, 0.4) is 0 Å². The van der Waals surface area contributed by atoms with Gasteiger partial charge >= 0.3 is 6.18 Å². The summed E-state index contributed by atoms with van der Waals surface area (Å²) in [6.07, 6.45) is -0.268. The molecule has 20 heavy (non-hydrogen) atoms. The summed E-state index contributed by atoms with van der Waals surface area (Å²) >= 11 is 0. The van der Waals surface area contributed by atoms with Crippen molar-refractivity contribution in [3.8, 4) is 0 Å². The van der Waals surface area contributed by atoms with Crippen molar-refractivity contribution >= 4 is 5.57 Å². The fourth-order valence-electron chi connectivity index (χ4n) is 2.60. The van der Waals surface area contributed by atoms with E-state index in [2.05, 4.69) is 12.1 Å². The predicted octanol–water partition coefficient (Wildman–Crippen LogP) is 5.08. The third kappa shape index (κ3) is 2.36. The Hall–Kier alpha value is -2.03. The second-order valence-electron chi connectivity index (χ2n) is 4.89. The number of hydrogen-bond acceptors (Lipinski definition) is 0. The second kappa shape index (κ2) is 4.82. The lowest BCUT2D eigenvalue weighted by atomic mass is 9.87. The molecular formula is C17H13F3. The van der Waals surface area contributed by atoms with Gasteiger partial charge in [0.15, 0.2) is 0 Å². The SMILES string of the molecule is FC(F)(F)c1ccc(C2=CCCc3ccccc32)cc1. The highest BCUT2D eigenvalue weighted by molar-refractivity contribution is 5.82. The highest BCUT2D eigenvalue weighted by Crippen LogP contribution is 2.34. The van der Waals surface area contributed by atoms with Gasteiger partial charge in [-0.2, -0.15) is 13.2 Å². The molecule has 2 aromatic carbocycles. The number of aryl methyl sites for hydroxylation is 1. The van der Waals surface area contributed by atoms with Crippen LogP contribution in [0, 0.1) is 0 Å². The van der Waals surface area contributed by atoms with Crippen molar-refractivity contribution < 1.29 is 13.2 Å². The van der Waals surface area contributed by atoms with Gasteiger partial charge in [0.05, 0.1) is 5.56 Å². The summed E-state index contributed by atoms with van der Waals surface area (Å²) in [6.45, 7) is 0. The van der Waals surface area contributed by atoms with Crippen LogP contribution in [0.4, 0.5) is 13.2 Å². The number of rotatable bonds is 1. The summed E-state index contributed by atoms with van der Waals surface area (Å²) < 4.78 is 37.8. The summed E-state index contributed by atoms with van der Waals surface area (Å²) in [5.74, 6) is 0. The lowest BCUT2D eigenvalue weighted by molar-refractivity contribution is -0.137. The minimum atomic E-state index is -4.28. The molecule has 0 aliphatic heterocycles. The van der Waals surface area contributed by atoms with Crippen LogP contribution in [0.2, 0.25) is 0 Å². The summed E-state index contributed by atoms with van der Waals surface area (Å²) in [7, 11) is 0. The number of alkyl halides is 3. The molecule has 0 unspecified atom stereocenters. The molecule has 2 aromatic rings. The van der Waals surface area contributed by atoms with Crippen LogP contribution in [0.15, 0.2) is 54.6 Å². The predicted molar refractivity (Wildman–Crippen MR) is 73.3 cm³/mol. The summed E-state index contributed by atoms with van der Waals surface area (Å²) in [5, 5.41) is 0. The summed E-state index contributed by atoms with van der Waals surface area (Å²) in [5.41, 5.74) is 3.64. The summed E-state index contributed by atoms with van der Waals surface area (Å²) in [6, 6.07) is 13.5. The molecule has 0 amide bonds. The third-order valence-corrected chi connectivity index (χ3v) is 3.59. The standard InChI is InChI=1S/C17H13F3/c18-17(19,20)14-10-8-13(9-11-14)16-7-3-5-12-4-1-2-6-15(12)16/h1-2,4,6-11H,3,5H2. The Labute approximate surface area is 115 Å². The fraction of sp³-hybridized carbons (Fsp3) is 0.176. The van der Waals surface area contributed by atoms with Crippen LogP contribution in [-0.4, -0.2) is 0 Å². The molecule has 0 fully saturated rings. The van der Waals surface area contributed by atoms with Crippen LogP contribution in [-0.2, 0) is 12.6 Å². The minimum absolute atomic E-state index is 0.606. The van der Waals surface area contributed by atoms with Crippen LogP contribution in [0.1, 0.15) is 28.7 Å². The molecular weight excluding hydrogens is 261 g/mol. The zero-order chi connectivity index (χ0) is 14.2. The highest BCUT2D eigenvalue weighted by atomic mass is 19.4. The Kier molecular flexibility index (Phi) is 3.13. The molecule has 0 nitrogen and oxygen atoms in total. The van der Waals surface area contributed by atoms with Crippen LogP contribution < -0.4 is 0 Å². The van der Waals surface area contributed by atoms with Crippen molar-refractivity contribution in [3.05, 3.63) is 76.9 Å². The molecule has 0 N–H and O–H groups in total. The van der Waals surface area contributed by atoms with Gasteiger partial charge in [0.25, 0.3) is 0 Å². The van der Waals surface area contributed by atoms with E-state index in [9.17, 15) is 13.2 Å². The van der Waals surface area contributed by atoms with Crippen molar-refractivity contribution in [3.63, 3.8) is 0 Å². The average molecular weight is 274 g/mol. The van der Waals surface area contributed by atoms with E-state index in [1.807, 2.05) is 18.2 Å². The van der Waals surface area contributed by atoms with E-state index in [4.69, 9.17) is 0 Å². The third-order valence-electron chi connectivity index (χ3n) is 3.59. The van der Waals surface area contributed by atoms with E-state index in [0.717, 1.165) is 41.7 Å². The maximum absolute atomic E-state index is 12.6. The lowest BCUT2D eigenvalue weighted by Gasteiger charge is -2.18. The molecule has 3 rings (SSSR count). The maximum atomic E-state index is 12.6. The fourth-order valence-corrected chi connectivity index (χ4v) is 2.60. The first-order valence-corrected chi connectivity index (χ1v) is 6.52. The van der Waals surface area contributed by atoms with Crippen molar-refractivity contribution in [2.45, 2.75) is 19.0 Å². The Bertz CT molecular complexity index is 649. The Balaban J connectivity index is 2.00. The molecule has 0 heterocycles. The maximum Gasteiger partial charge on any atom is 0.416 e. The molecule has 0 saturated heterocycles. The van der Waals surface area contributed by atoms with E-state index in [1.165, 1.54) is 5.56 Å². The molecule has 0 aromatic heterocycles. The van der Waals surface area contributed by atoms with E-state index >= 15 is 0 Å². The van der Waals surface area contributed by atoms with E-state index < -0.39 is 11.7 Å². The number of halogens is 3. The Morgan fingerprint density at radius 1 is 0.850 bits per heavy atom. The van der Waals surface area contributed by atoms with Crippen molar-refractivity contribution in [2.75, 3.05) is 0 Å². The molecule has 0 saturated carbocycles. The van der Waals surface area contributed by atoms with Crippen molar-refractivity contribution in [2.24, 2.45) is 0 Å². The van der Waals surface area contributed by atoms with Gasteiger partial charge in [0.1, 0.15) is 0 Å². The van der Waals surface area contributed by atoms with E-state index in [-0.39, 0.29) is 0 Å². The highest BCUT2D eigenvalue weighted by Gasteiger charge is 2.30. The van der Waals surface area contributed by atoms with E-state index in [0.29, 0.717) is 0 Å². The molecule has 102 valence electrons. The Morgan fingerprint density at radius 3 is 2.25 bits per heavy atom. The molecule has 0 spiro atoms. The zero-order valence-electron chi connectivity index (χ0n) is 10.7. The van der Waals surface area contributed by atoms with Crippen molar-refractivity contribution in [1.29, 1.82) is 0 Å². The quantitative estimate of drug-likeness (QED) is 0.680. The first-order chi connectivity index (χ1) is 9.55. The van der Waals surface area contributed by atoms with Gasteiger partial charge in [-0.05, 0) is 47.2 Å². The number of fused-ring (bicyclic) bond motifs is 1. The second-order valence-corrected chi connectivity index (χ2v) is 4.89. The molecule has 1 aliphatic rings. The first kappa shape index (κ1) is 13.0. The zero-order valence-corrected chi connectivity index (χ0v) is 10.7. The van der Waals surface area contributed by atoms with Gasteiger partial charge in [-0.3, -0.25) is 0 Å². The molecule has 0 bridgehead atoms. The molecule has 3 heteroatoms. The number of benzene rings is 2. The van der Waals surface area contributed by atoms with Crippen LogP contribution >= 0.6 is 0 Å². The van der Waals surface area contributed by atoms with Gasteiger partial charge in [0, 0.05) is 0 Å². The van der Waals surface area contributed by atoms with Crippen LogP contribution in [0.25, 0.3) is 5.57 Å². The minimum Gasteiger partial charge on any atom is -0.166 e. The van der Waals surface area contributed by atoms with E-state index in [1.54, 1.807) is 12.1 Å². The molecule has 1 aliphatic carbocycles.